The lowest BCUT2D eigenvalue weighted by Gasteiger charge is -2.39. The van der Waals surface area contributed by atoms with E-state index in [0.717, 1.165) is 12.8 Å². The van der Waals surface area contributed by atoms with Crippen LogP contribution in [0, 0.1) is 11.2 Å². The summed E-state index contributed by atoms with van der Waals surface area (Å²) < 4.78 is 19.1. The van der Waals surface area contributed by atoms with Crippen molar-refractivity contribution < 1.29 is 9.13 Å². The smallest absolute Gasteiger partial charge is 0.131 e. The molecule has 1 atom stereocenters. The van der Waals surface area contributed by atoms with Crippen molar-refractivity contribution in [2.75, 3.05) is 7.11 Å². The summed E-state index contributed by atoms with van der Waals surface area (Å²) in [5.74, 6) is 0.283. The van der Waals surface area contributed by atoms with E-state index < -0.39 is 0 Å². The molecule has 0 amide bonds. The van der Waals surface area contributed by atoms with Gasteiger partial charge in [0.05, 0.1) is 7.11 Å². The molecule has 3 heteroatoms. The van der Waals surface area contributed by atoms with Crippen LogP contribution >= 0.6 is 0 Å². The Kier molecular flexibility index (Phi) is 3.91. The molecule has 0 bridgehead atoms. The summed E-state index contributed by atoms with van der Waals surface area (Å²) in [7, 11) is 1.54. The molecule has 0 aliphatic heterocycles. The number of hydrogen-bond acceptors (Lipinski definition) is 2. The van der Waals surface area contributed by atoms with Crippen LogP contribution in [0.2, 0.25) is 0 Å². The van der Waals surface area contributed by atoms with E-state index in [1.54, 1.807) is 12.1 Å². The highest BCUT2D eigenvalue weighted by Crippen LogP contribution is 2.45. The van der Waals surface area contributed by atoms with E-state index in [2.05, 4.69) is 6.92 Å². The predicted octanol–water partition coefficient (Wildman–Crippen LogP) is 3.80. The zero-order valence-electron chi connectivity index (χ0n) is 11.2. The van der Waals surface area contributed by atoms with E-state index in [0.29, 0.717) is 11.3 Å². The van der Waals surface area contributed by atoms with Crippen molar-refractivity contribution in [2.45, 2.75) is 45.1 Å². The lowest BCUT2D eigenvalue weighted by Crippen LogP contribution is -2.34. The Balaban J connectivity index is 2.24. The van der Waals surface area contributed by atoms with Crippen LogP contribution in [0.4, 0.5) is 4.39 Å². The van der Waals surface area contributed by atoms with Crippen LogP contribution in [0.5, 0.6) is 5.75 Å². The lowest BCUT2D eigenvalue weighted by atomic mass is 9.69. The minimum atomic E-state index is -0.256. The summed E-state index contributed by atoms with van der Waals surface area (Å²) in [6, 6.07) is 4.73. The molecule has 0 aromatic heterocycles. The van der Waals surface area contributed by atoms with E-state index in [-0.39, 0.29) is 17.3 Å². The zero-order chi connectivity index (χ0) is 13.2. The largest absolute Gasteiger partial charge is 0.497 e. The Labute approximate surface area is 108 Å². The molecule has 2 rings (SSSR count). The number of benzene rings is 1. The molecule has 1 aliphatic rings. The first-order valence-corrected chi connectivity index (χ1v) is 6.66. The zero-order valence-corrected chi connectivity index (χ0v) is 11.2. The van der Waals surface area contributed by atoms with Gasteiger partial charge in [0.2, 0.25) is 0 Å². The van der Waals surface area contributed by atoms with Gasteiger partial charge < -0.3 is 10.5 Å². The van der Waals surface area contributed by atoms with Gasteiger partial charge in [0.25, 0.3) is 0 Å². The fraction of sp³-hybridized carbons (Fsp3) is 0.600. The lowest BCUT2D eigenvalue weighted by molar-refractivity contribution is 0.167. The second-order valence-electron chi connectivity index (χ2n) is 5.58. The summed E-state index contributed by atoms with van der Waals surface area (Å²) in [4.78, 5) is 0. The molecule has 1 aliphatic carbocycles. The maximum atomic E-state index is 14.1. The molecular formula is C15H22FNO. The number of ether oxygens (including phenoxy) is 1. The van der Waals surface area contributed by atoms with Crippen molar-refractivity contribution in [1.82, 2.24) is 0 Å². The minimum absolute atomic E-state index is 0.0215. The summed E-state index contributed by atoms with van der Waals surface area (Å²) in [5, 5.41) is 0. The molecule has 1 fully saturated rings. The molecular weight excluding hydrogens is 229 g/mol. The molecule has 2 N–H and O–H groups in total. The van der Waals surface area contributed by atoms with Crippen LogP contribution in [0.15, 0.2) is 18.2 Å². The van der Waals surface area contributed by atoms with Crippen molar-refractivity contribution in [3.05, 3.63) is 29.6 Å². The summed E-state index contributed by atoms with van der Waals surface area (Å²) in [5.41, 5.74) is 6.95. The monoisotopic (exact) mass is 251 g/mol. The van der Waals surface area contributed by atoms with Crippen molar-refractivity contribution in [2.24, 2.45) is 11.1 Å². The molecule has 0 radical (unpaired) electrons. The van der Waals surface area contributed by atoms with Gasteiger partial charge in [0.1, 0.15) is 11.6 Å². The van der Waals surface area contributed by atoms with Crippen LogP contribution < -0.4 is 10.5 Å². The molecule has 2 nitrogen and oxygen atoms in total. The van der Waals surface area contributed by atoms with Crippen LogP contribution in [0.3, 0.4) is 0 Å². The first kappa shape index (κ1) is 13.3. The molecule has 0 saturated heterocycles. The van der Waals surface area contributed by atoms with Gasteiger partial charge in [0, 0.05) is 17.7 Å². The molecule has 18 heavy (non-hydrogen) atoms. The van der Waals surface area contributed by atoms with Gasteiger partial charge in [-0.05, 0) is 24.3 Å². The van der Waals surface area contributed by atoms with E-state index in [9.17, 15) is 4.39 Å². The Morgan fingerprint density at radius 1 is 1.28 bits per heavy atom. The van der Waals surface area contributed by atoms with Gasteiger partial charge in [-0.3, -0.25) is 0 Å². The van der Waals surface area contributed by atoms with Gasteiger partial charge in [-0.1, -0.05) is 32.3 Å². The van der Waals surface area contributed by atoms with Gasteiger partial charge in [-0.2, -0.15) is 0 Å². The van der Waals surface area contributed by atoms with Gasteiger partial charge in [-0.15, -0.1) is 0 Å². The minimum Gasteiger partial charge on any atom is -0.497 e. The standard InChI is InChI=1S/C15H22FNO/c1-15(8-4-3-5-9-15)14(17)12-7-6-11(18-2)10-13(12)16/h6-7,10,14H,3-5,8-9,17H2,1-2H3. The van der Waals surface area contributed by atoms with Crippen molar-refractivity contribution in [3.63, 3.8) is 0 Å². The van der Waals surface area contributed by atoms with Gasteiger partial charge in [-0.25, -0.2) is 4.39 Å². The fourth-order valence-corrected chi connectivity index (χ4v) is 2.93. The third-order valence-corrected chi connectivity index (χ3v) is 4.29. The quantitative estimate of drug-likeness (QED) is 0.886. The van der Waals surface area contributed by atoms with E-state index in [4.69, 9.17) is 10.5 Å². The highest BCUT2D eigenvalue weighted by atomic mass is 19.1. The first-order chi connectivity index (χ1) is 8.57. The van der Waals surface area contributed by atoms with E-state index in [1.165, 1.54) is 32.4 Å². The molecule has 1 unspecified atom stereocenters. The second kappa shape index (κ2) is 5.27. The molecule has 1 saturated carbocycles. The molecule has 0 heterocycles. The summed E-state index contributed by atoms with van der Waals surface area (Å²) in [6.45, 7) is 2.18. The summed E-state index contributed by atoms with van der Waals surface area (Å²) in [6.07, 6.45) is 5.83. The van der Waals surface area contributed by atoms with Crippen molar-refractivity contribution in [1.29, 1.82) is 0 Å². The topological polar surface area (TPSA) is 35.2 Å². The number of nitrogens with two attached hydrogens (primary N) is 1. The third kappa shape index (κ3) is 2.51. The molecule has 1 aromatic carbocycles. The van der Waals surface area contributed by atoms with Crippen LogP contribution in [0.25, 0.3) is 0 Å². The number of rotatable bonds is 3. The average Bonchev–Trinajstić information content (AvgIpc) is 2.38. The maximum absolute atomic E-state index is 14.1. The number of hydrogen-bond donors (Lipinski definition) is 1. The van der Waals surface area contributed by atoms with Crippen LogP contribution in [-0.2, 0) is 0 Å². The highest BCUT2D eigenvalue weighted by Gasteiger charge is 2.35. The predicted molar refractivity (Wildman–Crippen MR) is 71.1 cm³/mol. The average molecular weight is 251 g/mol. The number of methoxy groups -OCH3 is 1. The molecule has 0 spiro atoms. The van der Waals surface area contributed by atoms with E-state index >= 15 is 0 Å². The van der Waals surface area contributed by atoms with Crippen molar-refractivity contribution >= 4 is 0 Å². The fourth-order valence-electron chi connectivity index (χ4n) is 2.93. The Morgan fingerprint density at radius 2 is 1.94 bits per heavy atom. The normalized spacial score (nSPS) is 20.4. The molecule has 1 aromatic rings. The Hall–Kier alpha value is -1.09. The number of halogens is 1. The summed E-state index contributed by atoms with van der Waals surface area (Å²) >= 11 is 0. The van der Waals surface area contributed by atoms with E-state index in [1.807, 2.05) is 0 Å². The third-order valence-electron chi connectivity index (χ3n) is 4.29. The second-order valence-corrected chi connectivity index (χ2v) is 5.58. The van der Waals surface area contributed by atoms with Crippen molar-refractivity contribution in [3.8, 4) is 5.75 Å². The Morgan fingerprint density at radius 3 is 2.50 bits per heavy atom. The highest BCUT2D eigenvalue weighted by molar-refractivity contribution is 5.31. The first-order valence-electron chi connectivity index (χ1n) is 6.66. The Bertz CT molecular complexity index is 413. The molecule has 100 valence electrons. The van der Waals surface area contributed by atoms with Gasteiger partial charge in [0.15, 0.2) is 0 Å². The SMILES string of the molecule is COc1ccc(C(N)C2(C)CCCCC2)c(F)c1. The van der Waals surface area contributed by atoms with Crippen LogP contribution in [0.1, 0.15) is 50.6 Å². The van der Waals surface area contributed by atoms with Gasteiger partial charge >= 0.3 is 0 Å². The van der Waals surface area contributed by atoms with Crippen LogP contribution in [-0.4, -0.2) is 7.11 Å². The maximum Gasteiger partial charge on any atom is 0.131 e.